The molecule has 0 spiro atoms. The normalized spacial score (nSPS) is 17.6. The lowest BCUT2D eigenvalue weighted by Crippen LogP contribution is -2.10. The van der Waals surface area contributed by atoms with E-state index in [4.69, 9.17) is 0 Å². The molecule has 1 fully saturated rings. The largest absolute Gasteiger partial charge is 0.0613 e. The Labute approximate surface area is 108 Å². The van der Waals surface area contributed by atoms with Gasteiger partial charge in [-0.2, -0.15) is 0 Å². The molecule has 16 heavy (non-hydrogen) atoms. The maximum atomic E-state index is 3.56. The van der Waals surface area contributed by atoms with Crippen LogP contribution in [-0.2, 0) is 12.8 Å². The molecule has 1 heteroatoms. The Hall–Kier alpha value is -0.300. The summed E-state index contributed by atoms with van der Waals surface area (Å²) in [6.07, 6.45) is 9.69. The van der Waals surface area contributed by atoms with Crippen LogP contribution in [0.25, 0.3) is 0 Å². The van der Waals surface area contributed by atoms with Crippen molar-refractivity contribution in [3.8, 4) is 0 Å². The number of rotatable bonds is 3. The van der Waals surface area contributed by atoms with Crippen LogP contribution in [0.1, 0.15) is 50.2 Å². The lowest BCUT2D eigenvalue weighted by molar-refractivity contribution is 0.356. The zero-order valence-electron chi connectivity index (χ0n) is 10.1. The first-order valence-corrected chi connectivity index (χ1v) is 7.36. The summed E-state index contributed by atoms with van der Waals surface area (Å²) in [5.41, 5.74) is 3.11. The van der Waals surface area contributed by atoms with Crippen LogP contribution in [0.5, 0.6) is 0 Å². The van der Waals surface area contributed by atoms with E-state index in [0.29, 0.717) is 0 Å². The van der Waals surface area contributed by atoms with Gasteiger partial charge in [0.2, 0.25) is 0 Å². The van der Waals surface area contributed by atoms with Crippen molar-refractivity contribution >= 4 is 15.9 Å². The Bertz CT molecular complexity index is 337. The molecule has 0 heterocycles. The summed E-state index contributed by atoms with van der Waals surface area (Å²) in [5.74, 6) is 0.945. The van der Waals surface area contributed by atoms with Gasteiger partial charge in [-0.15, -0.1) is 0 Å². The number of benzene rings is 1. The molecular formula is C15H21Br. The summed E-state index contributed by atoms with van der Waals surface area (Å²) in [7, 11) is 0. The summed E-state index contributed by atoms with van der Waals surface area (Å²) in [5, 5.41) is 0. The molecular weight excluding hydrogens is 260 g/mol. The zero-order chi connectivity index (χ0) is 11.4. The van der Waals surface area contributed by atoms with Gasteiger partial charge in [0.25, 0.3) is 0 Å². The topological polar surface area (TPSA) is 0 Å². The standard InChI is InChI=1S/C15H21Br/c1-2-13-11-15(16)9-8-14(13)10-12-6-4-3-5-7-12/h8-9,11-12H,2-7,10H2,1H3. The van der Waals surface area contributed by atoms with Crippen molar-refractivity contribution in [3.63, 3.8) is 0 Å². The van der Waals surface area contributed by atoms with Gasteiger partial charge in [0.05, 0.1) is 0 Å². The van der Waals surface area contributed by atoms with Crippen molar-refractivity contribution in [1.29, 1.82) is 0 Å². The molecule has 0 unspecified atom stereocenters. The lowest BCUT2D eigenvalue weighted by Gasteiger charge is -2.22. The average Bonchev–Trinajstić information content (AvgIpc) is 2.33. The van der Waals surface area contributed by atoms with Crippen LogP contribution >= 0.6 is 15.9 Å². The third-order valence-corrected chi connectivity index (χ3v) is 4.28. The Morgan fingerprint density at radius 3 is 2.56 bits per heavy atom. The molecule has 1 aliphatic rings. The van der Waals surface area contributed by atoms with Crippen LogP contribution in [0, 0.1) is 5.92 Å². The highest BCUT2D eigenvalue weighted by atomic mass is 79.9. The molecule has 0 aromatic heterocycles. The first-order valence-electron chi connectivity index (χ1n) is 6.57. The van der Waals surface area contributed by atoms with Gasteiger partial charge in [-0.05, 0) is 42.0 Å². The Morgan fingerprint density at radius 2 is 1.88 bits per heavy atom. The predicted molar refractivity (Wildman–Crippen MR) is 73.8 cm³/mol. The maximum Gasteiger partial charge on any atom is 0.0178 e. The zero-order valence-corrected chi connectivity index (χ0v) is 11.7. The SMILES string of the molecule is CCc1cc(Br)ccc1CC1CCCCC1. The fourth-order valence-electron chi connectivity index (χ4n) is 2.83. The molecule has 1 saturated carbocycles. The lowest BCUT2D eigenvalue weighted by atomic mass is 9.83. The monoisotopic (exact) mass is 280 g/mol. The quantitative estimate of drug-likeness (QED) is 0.720. The van der Waals surface area contributed by atoms with Gasteiger partial charge < -0.3 is 0 Å². The predicted octanol–water partition coefficient (Wildman–Crippen LogP) is 5.13. The van der Waals surface area contributed by atoms with Crippen molar-refractivity contribution < 1.29 is 0 Å². The van der Waals surface area contributed by atoms with Crippen LogP contribution < -0.4 is 0 Å². The summed E-state index contributed by atoms with van der Waals surface area (Å²) in [6, 6.07) is 6.80. The van der Waals surface area contributed by atoms with Crippen LogP contribution in [0.4, 0.5) is 0 Å². The van der Waals surface area contributed by atoms with Gasteiger partial charge in [-0.25, -0.2) is 0 Å². The van der Waals surface area contributed by atoms with Crippen molar-refractivity contribution in [1.82, 2.24) is 0 Å². The van der Waals surface area contributed by atoms with Crippen LogP contribution in [-0.4, -0.2) is 0 Å². The molecule has 0 atom stereocenters. The molecule has 0 nitrogen and oxygen atoms in total. The van der Waals surface area contributed by atoms with Gasteiger partial charge in [0.15, 0.2) is 0 Å². The van der Waals surface area contributed by atoms with E-state index in [1.807, 2.05) is 0 Å². The van der Waals surface area contributed by atoms with Crippen LogP contribution in [0.3, 0.4) is 0 Å². The van der Waals surface area contributed by atoms with Gasteiger partial charge in [-0.3, -0.25) is 0 Å². The third kappa shape index (κ3) is 3.10. The first-order chi connectivity index (χ1) is 7.79. The van der Waals surface area contributed by atoms with E-state index in [0.717, 1.165) is 12.3 Å². The molecule has 1 aliphatic carbocycles. The molecule has 1 aromatic carbocycles. The first kappa shape index (κ1) is 12.2. The number of hydrogen-bond donors (Lipinski definition) is 0. The fourth-order valence-corrected chi connectivity index (χ4v) is 3.23. The number of halogens is 1. The average molecular weight is 281 g/mol. The van der Waals surface area contributed by atoms with Crippen LogP contribution in [0.15, 0.2) is 22.7 Å². The minimum atomic E-state index is 0.945. The Kier molecular flexibility index (Phi) is 4.45. The van der Waals surface area contributed by atoms with E-state index in [1.54, 1.807) is 5.56 Å². The van der Waals surface area contributed by atoms with E-state index in [2.05, 4.69) is 41.1 Å². The molecule has 1 aromatic rings. The Balaban J connectivity index is 2.07. The Morgan fingerprint density at radius 1 is 1.12 bits per heavy atom. The highest BCUT2D eigenvalue weighted by Gasteiger charge is 2.15. The highest BCUT2D eigenvalue weighted by molar-refractivity contribution is 9.10. The molecule has 0 aliphatic heterocycles. The minimum Gasteiger partial charge on any atom is -0.0613 e. The van der Waals surface area contributed by atoms with E-state index < -0.39 is 0 Å². The van der Waals surface area contributed by atoms with E-state index in [1.165, 1.54) is 48.6 Å². The smallest absolute Gasteiger partial charge is 0.0178 e. The molecule has 0 amide bonds. The summed E-state index contributed by atoms with van der Waals surface area (Å²) in [6.45, 7) is 2.26. The minimum absolute atomic E-state index is 0.945. The van der Waals surface area contributed by atoms with Crippen molar-refractivity contribution in [2.45, 2.75) is 51.9 Å². The molecule has 2 rings (SSSR count). The van der Waals surface area contributed by atoms with E-state index >= 15 is 0 Å². The van der Waals surface area contributed by atoms with Crippen molar-refractivity contribution in [3.05, 3.63) is 33.8 Å². The van der Waals surface area contributed by atoms with E-state index in [-0.39, 0.29) is 0 Å². The van der Waals surface area contributed by atoms with Gasteiger partial charge in [0, 0.05) is 4.47 Å². The molecule has 88 valence electrons. The van der Waals surface area contributed by atoms with Gasteiger partial charge in [0.1, 0.15) is 0 Å². The summed E-state index contributed by atoms with van der Waals surface area (Å²) >= 11 is 3.56. The summed E-state index contributed by atoms with van der Waals surface area (Å²) in [4.78, 5) is 0. The molecule has 0 bridgehead atoms. The second-order valence-corrected chi connectivity index (χ2v) is 5.89. The fraction of sp³-hybridized carbons (Fsp3) is 0.600. The number of aryl methyl sites for hydroxylation is 1. The molecule has 0 radical (unpaired) electrons. The van der Waals surface area contributed by atoms with E-state index in [9.17, 15) is 0 Å². The van der Waals surface area contributed by atoms with Crippen molar-refractivity contribution in [2.75, 3.05) is 0 Å². The number of hydrogen-bond acceptors (Lipinski definition) is 0. The highest BCUT2D eigenvalue weighted by Crippen LogP contribution is 2.28. The third-order valence-electron chi connectivity index (χ3n) is 3.78. The van der Waals surface area contributed by atoms with Crippen molar-refractivity contribution in [2.24, 2.45) is 5.92 Å². The second-order valence-electron chi connectivity index (χ2n) is 4.97. The molecule has 0 N–H and O–H groups in total. The van der Waals surface area contributed by atoms with Crippen LogP contribution in [0.2, 0.25) is 0 Å². The van der Waals surface area contributed by atoms with Gasteiger partial charge in [-0.1, -0.05) is 61.0 Å². The molecule has 0 saturated heterocycles. The summed E-state index contributed by atoms with van der Waals surface area (Å²) < 4.78 is 1.22. The van der Waals surface area contributed by atoms with Gasteiger partial charge >= 0.3 is 0 Å². The second kappa shape index (κ2) is 5.86. The maximum absolute atomic E-state index is 3.56.